The minimum absolute atomic E-state index is 0.0511. The molecule has 0 saturated carbocycles. The number of rotatable bonds is 1. The number of carboxylic acid groups (broad SMARTS) is 1. The summed E-state index contributed by atoms with van der Waals surface area (Å²) in [7, 11) is 0. The molecule has 0 spiro atoms. The number of hydrogen-bond acceptors (Lipinski definition) is 2. The molecule has 1 heterocycles. The van der Waals surface area contributed by atoms with E-state index in [4.69, 9.17) is 5.11 Å². The molecule has 0 saturated heterocycles. The van der Waals surface area contributed by atoms with Crippen LogP contribution in [-0.4, -0.2) is 17.6 Å². The lowest BCUT2D eigenvalue weighted by atomic mass is 9.93. The third-order valence-electron chi connectivity index (χ3n) is 2.46. The van der Waals surface area contributed by atoms with Gasteiger partial charge in [0.2, 0.25) is 0 Å². The van der Waals surface area contributed by atoms with Crippen molar-refractivity contribution in [3.8, 4) is 0 Å². The highest BCUT2D eigenvalue weighted by molar-refractivity contribution is 5.76. The third kappa shape index (κ3) is 1.70. The Labute approximate surface area is 84.7 Å². The lowest BCUT2D eigenvalue weighted by Crippen LogP contribution is -2.36. The molecule has 15 heavy (non-hydrogen) atoms. The van der Waals surface area contributed by atoms with Gasteiger partial charge in [0.25, 0.3) is 0 Å². The molecule has 0 fully saturated rings. The van der Waals surface area contributed by atoms with E-state index < -0.39 is 23.6 Å². The third-order valence-corrected chi connectivity index (χ3v) is 2.46. The number of hydrogen-bond donors (Lipinski definition) is 2. The van der Waals surface area contributed by atoms with E-state index in [9.17, 15) is 13.6 Å². The number of aliphatic carboxylic acids is 1. The van der Waals surface area contributed by atoms with Crippen LogP contribution in [0.4, 0.5) is 8.78 Å². The Hall–Kier alpha value is -1.49. The van der Waals surface area contributed by atoms with Gasteiger partial charge in [0.1, 0.15) is 17.7 Å². The molecule has 0 aliphatic carbocycles. The van der Waals surface area contributed by atoms with Crippen LogP contribution in [0.25, 0.3) is 0 Å². The van der Waals surface area contributed by atoms with Crippen LogP contribution in [0.2, 0.25) is 0 Å². The maximum atomic E-state index is 13.4. The smallest absolute Gasteiger partial charge is 0.325 e. The van der Waals surface area contributed by atoms with Crippen molar-refractivity contribution < 1.29 is 18.7 Å². The van der Waals surface area contributed by atoms with Gasteiger partial charge in [0, 0.05) is 18.2 Å². The van der Waals surface area contributed by atoms with E-state index in [1.54, 1.807) is 0 Å². The summed E-state index contributed by atoms with van der Waals surface area (Å²) < 4.78 is 26.3. The Balaban J connectivity index is 2.55. The minimum atomic E-state index is -1.15. The van der Waals surface area contributed by atoms with E-state index in [1.807, 2.05) is 0 Å². The van der Waals surface area contributed by atoms with Crippen molar-refractivity contribution in [1.29, 1.82) is 0 Å². The second-order valence-corrected chi connectivity index (χ2v) is 3.44. The number of halogens is 2. The summed E-state index contributed by atoms with van der Waals surface area (Å²) in [4.78, 5) is 10.8. The summed E-state index contributed by atoms with van der Waals surface area (Å²) in [5.41, 5.74) is 0.480. The van der Waals surface area contributed by atoms with Crippen molar-refractivity contribution in [3.63, 3.8) is 0 Å². The summed E-state index contributed by atoms with van der Waals surface area (Å²) in [5, 5.41) is 11.5. The van der Waals surface area contributed by atoms with Crippen LogP contribution in [0.15, 0.2) is 12.1 Å². The van der Waals surface area contributed by atoms with Crippen LogP contribution in [-0.2, 0) is 11.2 Å². The number of carboxylic acids is 1. The van der Waals surface area contributed by atoms with Crippen molar-refractivity contribution in [2.75, 3.05) is 6.54 Å². The van der Waals surface area contributed by atoms with E-state index in [-0.39, 0.29) is 5.56 Å². The Morgan fingerprint density at radius 3 is 2.87 bits per heavy atom. The lowest BCUT2D eigenvalue weighted by molar-refractivity contribution is -0.139. The monoisotopic (exact) mass is 213 g/mol. The van der Waals surface area contributed by atoms with E-state index in [1.165, 1.54) is 6.07 Å². The molecule has 1 aliphatic rings. The van der Waals surface area contributed by atoms with Gasteiger partial charge in [-0.2, -0.15) is 0 Å². The molecule has 1 atom stereocenters. The van der Waals surface area contributed by atoms with Crippen LogP contribution < -0.4 is 5.32 Å². The van der Waals surface area contributed by atoms with Crippen LogP contribution in [0.1, 0.15) is 17.2 Å². The first-order valence-corrected chi connectivity index (χ1v) is 4.53. The molecule has 0 aromatic heterocycles. The Morgan fingerprint density at radius 1 is 1.47 bits per heavy atom. The molecule has 1 aliphatic heterocycles. The van der Waals surface area contributed by atoms with Gasteiger partial charge in [-0.05, 0) is 18.1 Å². The highest BCUT2D eigenvalue weighted by Crippen LogP contribution is 2.26. The molecule has 1 aromatic rings. The first kappa shape index (κ1) is 10.0. The molecule has 3 nitrogen and oxygen atoms in total. The zero-order valence-electron chi connectivity index (χ0n) is 7.76. The van der Waals surface area contributed by atoms with Crippen LogP contribution >= 0.6 is 0 Å². The van der Waals surface area contributed by atoms with E-state index in [0.717, 1.165) is 0 Å². The normalized spacial score (nSPS) is 19.7. The average molecular weight is 213 g/mol. The number of fused-ring (bicyclic) bond motifs is 1. The fraction of sp³-hybridized carbons (Fsp3) is 0.300. The van der Waals surface area contributed by atoms with Crippen LogP contribution in [0.3, 0.4) is 0 Å². The molecular formula is C10H9F2NO2. The van der Waals surface area contributed by atoms with Gasteiger partial charge in [-0.1, -0.05) is 0 Å². The number of nitrogens with one attached hydrogen (secondary N) is 1. The summed E-state index contributed by atoms with van der Waals surface area (Å²) >= 11 is 0. The second-order valence-electron chi connectivity index (χ2n) is 3.44. The summed E-state index contributed by atoms with van der Waals surface area (Å²) in [6, 6.07) is 0.825. The second kappa shape index (κ2) is 3.58. The molecule has 0 bridgehead atoms. The van der Waals surface area contributed by atoms with Crippen molar-refractivity contribution >= 4 is 5.97 Å². The number of carbonyl (C=O) groups is 1. The van der Waals surface area contributed by atoms with Crippen molar-refractivity contribution in [1.82, 2.24) is 5.32 Å². The maximum Gasteiger partial charge on any atom is 0.325 e. The molecule has 80 valence electrons. The molecule has 5 heteroatoms. The fourth-order valence-corrected chi connectivity index (χ4v) is 1.83. The quantitative estimate of drug-likeness (QED) is 0.737. The Bertz CT molecular complexity index is 420. The van der Waals surface area contributed by atoms with Gasteiger partial charge in [-0.3, -0.25) is 4.79 Å². The van der Waals surface area contributed by atoms with Gasteiger partial charge in [0.15, 0.2) is 0 Å². The van der Waals surface area contributed by atoms with E-state index in [2.05, 4.69) is 5.32 Å². The molecule has 2 N–H and O–H groups in total. The zero-order valence-corrected chi connectivity index (χ0v) is 7.76. The molecular weight excluding hydrogens is 204 g/mol. The minimum Gasteiger partial charge on any atom is -0.480 e. The Kier molecular flexibility index (Phi) is 2.40. The SMILES string of the molecule is O=C(O)C1NCCc2cc(F)cc(F)c21. The van der Waals surface area contributed by atoms with Crippen molar-refractivity contribution in [2.24, 2.45) is 0 Å². The largest absolute Gasteiger partial charge is 0.480 e. The number of benzene rings is 1. The Morgan fingerprint density at radius 2 is 2.20 bits per heavy atom. The van der Waals surface area contributed by atoms with E-state index >= 15 is 0 Å². The fourth-order valence-electron chi connectivity index (χ4n) is 1.83. The topological polar surface area (TPSA) is 49.3 Å². The zero-order chi connectivity index (χ0) is 11.0. The van der Waals surface area contributed by atoms with Crippen LogP contribution in [0.5, 0.6) is 0 Å². The predicted octanol–water partition coefficient (Wildman–Crippen LogP) is 1.24. The first-order valence-electron chi connectivity index (χ1n) is 4.53. The molecule has 0 radical (unpaired) electrons. The van der Waals surface area contributed by atoms with Gasteiger partial charge >= 0.3 is 5.97 Å². The van der Waals surface area contributed by atoms with Gasteiger partial charge < -0.3 is 10.4 Å². The average Bonchev–Trinajstić information content (AvgIpc) is 2.16. The molecule has 2 rings (SSSR count). The van der Waals surface area contributed by atoms with Crippen molar-refractivity contribution in [3.05, 3.63) is 34.9 Å². The molecule has 1 aromatic carbocycles. The summed E-state index contributed by atoms with van der Waals surface area (Å²) in [5.74, 6) is -2.62. The van der Waals surface area contributed by atoms with Crippen molar-refractivity contribution in [2.45, 2.75) is 12.5 Å². The van der Waals surface area contributed by atoms with Crippen LogP contribution in [0, 0.1) is 11.6 Å². The standard InChI is InChI=1S/C10H9F2NO2/c11-6-3-5-1-2-13-9(10(14)15)8(5)7(12)4-6/h3-4,9,13H,1-2H2,(H,14,15). The highest BCUT2D eigenvalue weighted by atomic mass is 19.1. The first-order chi connectivity index (χ1) is 7.09. The maximum absolute atomic E-state index is 13.4. The lowest BCUT2D eigenvalue weighted by Gasteiger charge is -2.24. The van der Waals surface area contributed by atoms with E-state index in [0.29, 0.717) is 24.6 Å². The summed E-state index contributed by atoms with van der Waals surface area (Å²) in [6.45, 7) is 0.410. The predicted molar refractivity (Wildman–Crippen MR) is 48.4 cm³/mol. The van der Waals surface area contributed by atoms with Gasteiger partial charge in [-0.25, -0.2) is 8.78 Å². The van der Waals surface area contributed by atoms with Gasteiger partial charge in [0.05, 0.1) is 0 Å². The summed E-state index contributed by atoms with van der Waals surface area (Å²) in [6.07, 6.45) is 0.438. The van der Waals surface area contributed by atoms with Gasteiger partial charge in [-0.15, -0.1) is 0 Å². The molecule has 0 amide bonds. The molecule has 1 unspecified atom stereocenters. The highest BCUT2D eigenvalue weighted by Gasteiger charge is 2.29.